The van der Waals surface area contributed by atoms with E-state index in [1.165, 1.54) is 5.69 Å². The highest BCUT2D eigenvalue weighted by atomic mass is 15.3. The molecule has 0 radical (unpaired) electrons. The number of nitrogens with one attached hydrogen (secondary N) is 2. The van der Waals surface area contributed by atoms with Gasteiger partial charge in [-0.05, 0) is 38.1 Å². The van der Waals surface area contributed by atoms with E-state index in [1.807, 2.05) is 12.1 Å². The van der Waals surface area contributed by atoms with Crippen LogP contribution in [-0.4, -0.2) is 23.1 Å². The molecule has 0 atom stereocenters. The molecule has 0 saturated heterocycles. The molecule has 0 aliphatic rings. The van der Waals surface area contributed by atoms with E-state index in [9.17, 15) is 0 Å². The number of benzene rings is 1. The van der Waals surface area contributed by atoms with Crippen LogP contribution in [0.5, 0.6) is 0 Å². The number of hydrogen-bond acceptors (Lipinski definition) is 6. The summed E-state index contributed by atoms with van der Waals surface area (Å²) in [5.74, 6) is 6.48. The van der Waals surface area contributed by atoms with E-state index < -0.39 is 0 Å². The van der Waals surface area contributed by atoms with Gasteiger partial charge in [0.05, 0.1) is 12.4 Å². The highest BCUT2D eigenvalue weighted by Crippen LogP contribution is 2.20. The first-order valence-corrected chi connectivity index (χ1v) is 6.67. The van der Waals surface area contributed by atoms with Gasteiger partial charge in [-0.1, -0.05) is 0 Å². The second-order valence-corrected chi connectivity index (χ2v) is 4.28. The molecule has 0 aliphatic carbocycles. The molecule has 1 aromatic heterocycles. The highest BCUT2D eigenvalue weighted by Gasteiger charge is 2.02. The quantitative estimate of drug-likeness (QED) is 0.553. The number of nitrogens with two attached hydrogens (primary N) is 1. The molecular formula is C14H20N6. The van der Waals surface area contributed by atoms with Gasteiger partial charge in [-0.2, -0.15) is 0 Å². The van der Waals surface area contributed by atoms with Gasteiger partial charge in [0.2, 0.25) is 0 Å². The van der Waals surface area contributed by atoms with Crippen molar-refractivity contribution < 1.29 is 0 Å². The topological polar surface area (TPSA) is 79.1 Å². The lowest BCUT2D eigenvalue weighted by Crippen LogP contribution is -2.21. The standard InChI is InChI=1S/C14H20N6/c1-3-20(4-2)12-7-5-11(6-8-12)17-13-9-16-10-14(18-13)19-15/h5-10H,3-4,15H2,1-2H3,(H2,17,18,19). The summed E-state index contributed by atoms with van der Waals surface area (Å²) in [6, 6.07) is 8.23. The largest absolute Gasteiger partial charge is 0.372 e. The zero-order valence-corrected chi connectivity index (χ0v) is 11.8. The fraction of sp³-hybridized carbons (Fsp3) is 0.286. The van der Waals surface area contributed by atoms with E-state index in [0.717, 1.165) is 18.8 Å². The van der Waals surface area contributed by atoms with Gasteiger partial charge in [0.15, 0.2) is 11.6 Å². The van der Waals surface area contributed by atoms with Crippen LogP contribution in [0, 0.1) is 0 Å². The lowest BCUT2D eigenvalue weighted by Gasteiger charge is -2.21. The van der Waals surface area contributed by atoms with Crippen LogP contribution in [0.4, 0.5) is 23.0 Å². The van der Waals surface area contributed by atoms with Gasteiger partial charge in [-0.25, -0.2) is 10.8 Å². The van der Waals surface area contributed by atoms with Crippen molar-refractivity contribution in [2.75, 3.05) is 28.7 Å². The molecule has 0 amide bonds. The van der Waals surface area contributed by atoms with Crippen molar-refractivity contribution in [3.05, 3.63) is 36.7 Å². The second-order valence-electron chi connectivity index (χ2n) is 4.28. The van der Waals surface area contributed by atoms with Crippen molar-refractivity contribution in [1.29, 1.82) is 0 Å². The Morgan fingerprint density at radius 2 is 1.70 bits per heavy atom. The fourth-order valence-electron chi connectivity index (χ4n) is 1.99. The number of hydrogen-bond donors (Lipinski definition) is 3. The monoisotopic (exact) mass is 272 g/mol. The smallest absolute Gasteiger partial charge is 0.160 e. The zero-order chi connectivity index (χ0) is 14.4. The van der Waals surface area contributed by atoms with Crippen molar-refractivity contribution in [3.8, 4) is 0 Å². The third kappa shape index (κ3) is 3.36. The van der Waals surface area contributed by atoms with E-state index in [-0.39, 0.29) is 0 Å². The Kier molecular flexibility index (Phi) is 4.73. The first-order valence-electron chi connectivity index (χ1n) is 6.67. The number of anilines is 4. The third-order valence-corrected chi connectivity index (χ3v) is 3.05. The first-order chi connectivity index (χ1) is 9.76. The molecular weight excluding hydrogens is 252 g/mol. The molecule has 2 aromatic rings. The molecule has 0 fully saturated rings. The van der Waals surface area contributed by atoms with E-state index >= 15 is 0 Å². The molecule has 0 spiro atoms. The minimum Gasteiger partial charge on any atom is -0.372 e. The maximum absolute atomic E-state index is 5.31. The highest BCUT2D eigenvalue weighted by molar-refractivity contribution is 5.61. The van der Waals surface area contributed by atoms with Crippen LogP contribution in [-0.2, 0) is 0 Å². The molecule has 106 valence electrons. The van der Waals surface area contributed by atoms with Crippen LogP contribution in [0.3, 0.4) is 0 Å². The molecule has 0 aliphatic heterocycles. The van der Waals surface area contributed by atoms with Crippen molar-refractivity contribution >= 4 is 23.0 Å². The average molecular weight is 272 g/mol. The SMILES string of the molecule is CCN(CC)c1ccc(Nc2cncc(NN)n2)cc1. The summed E-state index contributed by atoms with van der Waals surface area (Å²) in [6.45, 7) is 6.30. The second kappa shape index (κ2) is 6.72. The van der Waals surface area contributed by atoms with Gasteiger partial charge >= 0.3 is 0 Å². The van der Waals surface area contributed by atoms with Crippen molar-refractivity contribution in [3.63, 3.8) is 0 Å². The van der Waals surface area contributed by atoms with Crippen LogP contribution in [0.15, 0.2) is 36.7 Å². The number of aromatic nitrogens is 2. The molecule has 6 nitrogen and oxygen atoms in total. The minimum absolute atomic E-state index is 0.523. The summed E-state index contributed by atoms with van der Waals surface area (Å²) >= 11 is 0. The van der Waals surface area contributed by atoms with Gasteiger partial charge < -0.3 is 15.6 Å². The summed E-state index contributed by atoms with van der Waals surface area (Å²) < 4.78 is 0. The molecule has 0 bridgehead atoms. The summed E-state index contributed by atoms with van der Waals surface area (Å²) in [7, 11) is 0. The van der Waals surface area contributed by atoms with Gasteiger partial charge in [0.25, 0.3) is 0 Å². The van der Waals surface area contributed by atoms with E-state index in [0.29, 0.717) is 11.6 Å². The van der Waals surface area contributed by atoms with Gasteiger partial charge in [-0.15, -0.1) is 0 Å². The van der Waals surface area contributed by atoms with E-state index in [2.05, 4.69) is 51.6 Å². The molecule has 4 N–H and O–H groups in total. The van der Waals surface area contributed by atoms with Crippen LogP contribution < -0.4 is 21.5 Å². The van der Waals surface area contributed by atoms with E-state index in [1.54, 1.807) is 12.4 Å². The number of nitrogen functional groups attached to an aromatic ring is 1. The number of rotatable bonds is 6. The van der Waals surface area contributed by atoms with E-state index in [4.69, 9.17) is 5.84 Å². The van der Waals surface area contributed by atoms with Crippen LogP contribution in [0.25, 0.3) is 0 Å². The van der Waals surface area contributed by atoms with Crippen LogP contribution in [0.1, 0.15) is 13.8 Å². The lowest BCUT2D eigenvalue weighted by molar-refractivity contribution is 0.866. The Hall–Kier alpha value is -2.34. The predicted octanol–water partition coefficient (Wildman–Crippen LogP) is 2.35. The van der Waals surface area contributed by atoms with Gasteiger partial charge in [0.1, 0.15) is 0 Å². The molecule has 0 saturated carbocycles. The van der Waals surface area contributed by atoms with Crippen LogP contribution in [0.2, 0.25) is 0 Å². The van der Waals surface area contributed by atoms with Crippen molar-refractivity contribution in [2.24, 2.45) is 5.84 Å². The lowest BCUT2D eigenvalue weighted by atomic mass is 10.2. The Bertz CT molecular complexity index is 536. The molecule has 0 unspecified atom stereocenters. The normalized spacial score (nSPS) is 10.2. The van der Waals surface area contributed by atoms with Crippen LogP contribution >= 0.6 is 0 Å². The molecule has 2 rings (SSSR count). The Balaban J connectivity index is 2.10. The molecule has 1 aromatic carbocycles. The molecule has 1 heterocycles. The summed E-state index contributed by atoms with van der Waals surface area (Å²) in [6.07, 6.45) is 3.22. The summed E-state index contributed by atoms with van der Waals surface area (Å²) in [5.41, 5.74) is 4.65. The van der Waals surface area contributed by atoms with Gasteiger partial charge in [-0.3, -0.25) is 4.98 Å². The number of hydrazine groups is 1. The molecule has 6 heteroatoms. The minimum atomic E-state index is 0.523. The first kappa shape index (κ1) is 14.1. The maximum atomic E-state index is 5.31. The Morgan fingerprint density at radius 3 is 2.30 bits per heavy atom. The Labute approximate surface area is 119 Å². The predicted molar refractivity (Wildman–Crippen MR) is 83.1 cm³/mol. The fourth-order valence-corrected chi connectivity index (χ4v) is 1.99. The zero-order valence-electron chi connectivity index (χ0n) is 11.8. The maximum Gasteiger partial charge on any atom is 0.160 e. The summed E-state index contributed by atoms with van der Waals surface area (Å²) in [5, 5.41) is 3.19. The summed E-state index contributed by atoms with van der Waals surface area (Å²) in [4.78, 5) is 10.6. The average Bonchev–Trinajstić information content (AvgIpc) is 2.50. The molecule has 20 heavy (non-hydrogen) atoms. The van der Waals surface area contributed by atoms with Crippen molar-refractivity contribution in [2.45, 2.75) is 13.8 Å². The van der Waals surface area contributed by atoms with Gasteiger partial charge in [0, 0.05) is 24.5 Å². The Morgan fingerprint density at radius 1 is 1.05 bits per heavy atom. The van der Waals surface area contributed by atoms with Crippen molar-refractivity contribution in [1.82, 2.24) is 9.97 Å². The number of nitrogens with zero attached hydrogens (tertiary/aromatic N) is 3. The third-order valence-electron chi connectivity index (χ3n) is 3.05.